The second-order valence-corrected chi connectivity index (χ2v) is 13.0. The Morgan fingerprint density at radius 1 is 0.675 bits per heavy atom. The minimum Gasteiger partial charge on any atom is -0.325 e. The predicted octanol–water partition coefficient (Wildman–Crippen LogP) is 5.56. The summed E-state index contributed by atoms with van der Waals surface area (Å²) < 4.78 is 56.9. The van der Waals surface area contributed by atoms with Crippen molar-refractivity contribution >= 4 is 43.0 Å². The highest BCUT2D eigenvalue weighted by molar-refractivity contribution is 7.93. The SMILES string of the molecule is Cc1cccc(N(CC(=O)Nc2ccc(S(=O)(=O)Nc3c(C)cccc3C)cc2)S(=O)(=O)c2ccccc2)c1C. The molecule has 8 nitrogen and oxygen atoms in total. The molecule has 0 unspecified atom stereocenters. The highest BCUT2D eigenvalue weighted by Gasteiger charge is 2.28. The van der Waals surface area contributed by atoms with Gasteiger partial charge in [0.2, 0.25) is 5.91 Å². The molecule has 1 amide bonds. The minimum atomic E-state index is -4.06. The van der Waals surface area contributed by atoms with E-state index in [9.17, 15) is 21.6 Å². The fourth-order valence-corrected chi connectivity index (χ4v) is 6.94. The monoisotopic (exact) mass is 577 g/mol. The molecule has 208 valence electrons. The van der Waals surface area contributed by atoms with Gasteiger partial charge in [-0.05, 0) is 92.4 Å². The summed E-state index contributed by atoms with van der Waals surface area (Å²) in [5.41, 5.74) is 4.47. The molecule has 0 heterocycles. The van der Waals surface area contributed by atoms with Gasteiger partial charge in [-0.15, -0.1) is 0 Å². The van der Waals surface area contributed by atoms with Crippen LogP contribution in [0.15, 0.2) is 101 Å². The third-order valence-corrected chi connectivity index (χ3v) is 9.77. The van der Waals surface area contributed by atoms with Crippen LogP contribution in [0.5, 0.6) is 0 Å². The topological polar surface area (TPSA) is 113 Å². The van der Waals surface area contributed by atoms with E-state index in [1.165, 1.54) is 36.4 Å². The lowest BCUT2D eigenvalue weighted by atomic mass is 10.1. The van der Waals surface area contributed by atoms with Crippen LogP contribution in [-0.4, -0.2) is 29.3 Å². The summed E-state index contributed by atoms with van der Waals surface area (Å²) in [5, 5.41) is 2.69. The van der Waals surface area contributed by atoms with Crippen LogP contribution >= 0.6 is 0 Å². The Morgan fingerprint density at radius 2 is 1.25 bits per heavy atom. The van der Waals surface area contributed by atoms with Gasteiger partial charge in [-0.25, -0.2) is 16.8 Å². The number of benzene rings is 4. The van der Waals surface area contributed by atoms with E-state index in [4.69, 9.17) is 0 Å². The Balaban J connectivity index is 1.56. The highest BCUT2D eigenvalue weighted by atomic mass is 32.2. The quantitative estimate of drug-likeness (QED) is 0.271. The molecule has 4 rings (SSSR count). The van der Waals surface area contributed by atoms with Crippen LogP contribution in [0.4, 0.5) is 17.1 Å². The standard InChI is InChI=1S/C30H31N3O5S2/c1-21-10-9-15-28(24(21)4)33(40(37,38)27-13-6-5-7-14-27)20-29(34)31-25-16-18-26(19-17-25)39(35,36)32-30-22(2)11-8-12-23(30)3/h5-19,32H,20H2,1-4H3,(H,31,34). The molecule has 0 atom stereocenters. The van der Waals surface area contributed by atoms with Crippen LogP contribution in [0, 0.1) is 27.7 Å². The van der Waals surface area contributed by atoms with Gasteiger partial charge < -0.3 is 5.32 Å². The van der Waals surface area contributed by atoms with Gasteiger partial charge in [0.05, 0.1) is 21.2 Å². The predicted molar refractivity (Wildman–Crippen MR) is 159 cm³/mol. The van der Waals surface area contributed by atoms with Gasteiger partial charge in [0.15, 0.2) is 0 Å². The Kier molecular flexibility index (Phi) is 8.32. The van der Waals surface area contributed by atoms with Crippen LogP contribution < -0.4 is 14.3 Å². The van der Waals surface area contributed by atoms with E-state index >= 15 is 0 Å². The second-order valence-electron chi connectivity index (χ2n) is 9.49. The first kappa shape index (κ1) is 28.8. The molecule has 10 heteroatoms. The van der Waals surface area contributed by atoms with Crippen LogP contribution in [-0.2, 0) is 24.8 Å². The van der Waals surface area contributed by atoms with E-state index in [0.717, 1.165) is 26.6 Å². The lowest BCUT2D eigenvalue weighted by Gasteiger charge is -2.26. The number of carbonyl (C=O) groups excluding carboxylic acids is 1. The number of hydrogen-bond donors (Lipinski definition) is 2. The number of carbonyl (C=O) groups is 1. The normalized spacial score (nSPS) is 11.6. The molecular weight excluding hydrogens is 546 g/mol. The number of nitrogens with zero attached hydrogens (tertiary/aromatic N) is 1. The van der Waals surface area contributed by atoms with Crippen LogP contribution in [0.2, 0.25) is 0 Å². The minimum absolute atomic E-state index is 0.0248. The average Bonchev–Trinajstić information content (AvgIpc) is 2.92. The summed E-state index contributed by atoms with van der Waals surface area (Å²) in [6, 6.07) is 24.4. The number of para-hydroxylation sites is 1. The molecule has 4 aromatic carbocycles. The van der Waals surface area contributed by atoms with Crippen molar-refractivity contribution in [2.75, 3.05) is 20.9 Å². The Labute approximate surface area is 235 Å². The molecule has 0 aliphatic rings. The van der Waals surface area contributed by atoms with E-state index in [1.807, 2.05) is 52.0 Å². The first-order chi connectivity index (χ1) is 18.9. The molecular formula is C30H31N3O5S2. The maximum Gasteiger partial charge on any atom is 0.264 e. The maximum absolute atomic E-state index is 13.6. The molecule has 0 radical (unpaired) electrons. The van der Waals surface area contributed by atoms with Gasteiger partial charge >= 0.3 is 0 Å². The summed E-state index contributed by atoms with van der Waals surface area (Å²) in [6.45, 7) is 6.85. The van der Waals surface area contributed by atoms with Crippen molar-refractivity contribution in [2.45, 2.75) is 37.5 Å². The third kappa shape index (κ3) is 6.19. The smallest absolute Gasteiger partial charge is 0.264 e. The number of anilines is 3. The van der Waals surface area contributed by atoms with Gasteiger partial charge in [0.25, 0.3) is 20.0 Å². The fourth-order valence-electron chi connectivity index (χ4n) is 4.24. The molecule has 4 aromatic rings. The van der Waals surface area contributed by atoms with Crippen molar-refractivity contribution < 1.29 is 21.6 Å². The molecule has 40 heavy (non-hydrogen) atoms. The number of rotatable bonds is 9. The van der Waals surface area contributed by atoms with Gasteiger partial charge in [-0.3, -0.25) is 13.8 Å². The number of aryl methyl sites for hydroxylation is 3. The van der Waals surface area contributed by atoms with Gasteiger partial charge in [0, 0.05) is 5.69 Å². The summed E-state index contributed by atoms with van der Waals surface area (Å²) in [5.74, 6) is -0.579. The van der Waals surface area contributed by atoms with Gasteiger partial charge in [-0.2, -0.15) is 0 Å². The fraction of sp³-hybridized carbons (Fsp3) is 0.167. The molecule has 0 aromatic heterocycles. The molecule has 0 fully saturated rings. The van der Waals surface area contributed by atoms with Crippen molar-refractivity contribution in [1.82, 2.24) is 0 Å². The van der Waals surface area contributed by atoms with Crippen LogP contribution in [0.1, 0.15) is 22.3 Å². The summed E-state index contributed by atoms with van der Waals surface area (Å²) >= 11 is 0. The lowest BCUT2D eigenvalue weighted by molar-refractivity contribution is -0.114. The number of hydrogen-bond acceptors (Lipinski definition) is 5. The van der Waals surface area contributed by atoms with Gasteiger partial charge in [-0.1, -0.05) is 48.5 Å². The van der Waals surface area contributed by atoms with Crippen LogP contribution in [0.25, 0.3) is 0 Å². The van der Waals surface area contributed by atoms with Crippen molar-refractivity contribution in [1.29, 1.82) is 0 Å². The van der Waals surface area contributed by atoms with Crippen molar-refractivity contribution in [3.8, 4) is 0 Å². The third-order valence-electron chi connectivity index (χ3n) is 6.63. The van der Waals surface area contributed by atoms with E-state index < -0.39 is 32.5 Å². The van der Waals surface area contributed by atoms with E-state index in [-0.39, 0.29) is 9.79 Å². The molecule has 0 aliphatic heterocycles. The zero-order chi connectivity index (χ0) is 29.1. The molecule has 0 saturated heterocycles. The van der Waals surface area contributed by atoms with Crippen LogP contribution in [0.3, 0.4) is 0 Å². The number of sulfonamides is 2. The zero-order valence-electron chi connectivity index (χ0n) is 22.7. The van der Waals surface area contributed by atoms with E-state index in [1.54, 1.807) is 30.3 Å². The van der Waals surface area contributed by atoms with Crippen molar-refractivity contribution in [3.63, 3.8) is 0 Å². The lowest BCUT2D eigenvalue weighted by Crippen LogP contribution is -2.38. The Morgan fingerprint density at radius 3 is 1.88 bits per heavy atom. The van der Waals surface area contributed by atoms with Gasteiger partial charge in [0.1, 0.15) is 6.54 Å². The molecule has 0 bridgehead atoms. The van der Waals surface area contributed by atoms with E-state index in [2.05, 4.69) is 10.0 Å². The zero-order valence-corrected chi connectivity index (χ0v) is 24.3. The first-order valence-corrected chi connectivity index (χ1v) is 15.5. The van der Waals surface area contributed by atoms with E-state index in [0.29, 0.717) is 17.1 Å². The first-order valence-electron chi connectivity index (χ1n) is 12.5. The maximum atomic E-state index is 13.6. The summed E-state index contributed by atoms with van der Waals surface area (Å²) in [6.07, 6.45) is 0. The molecule has 2 N–H and O–H groups in total. The second kappa shape index (κ2) is 11.5. The highest BCUT2D eigenvalue weighted by Crippen LogP contribution is 2.29. The molecule has 0 saturated carbocycles. The summed E-state index contributed by atoms with van der Waals surface area (Å²) in [4.78, 5) is 13.2. The number of nitrogens with one attached hydrogen (secondary N) is 2. The van der Waals surface area contributed by atoms with Crippen molar-refractivity contribution in [2.24, 2.45) is 0 Å². The largest absolute Gasteiger partial charge is 0.325 e. The Hall–Kier alpha value is -4.15. The molecule has 0 spiro atoms. The molecule has 0 aliphatic carbocycles. The summed E-state index contributed by atoms with van der Waals surface area (Å²) in [7, 11) is -7.93. The average molecular weight is 578 g/mol. The number of amides is 1. The van der Waals surface area contributed by atoms with Crippen molar-refractivity contribution in [3.05, 3.63) is 113 Å². The Bertz CT molecular complexity index is 1730.